The van der Waals surface area contributed by atoms with E-state index in [-0.39, 0.29) is 6.03 Å². The molecule has 2 aliphatic heterocycles. The van der Waals surface area contributed by atoms with Gasteiger partial charge in [-0.2, -0.15) is 0 Å². The second-order valence-corrected chi connectivity index (χ2v) is 4.32. The molecule has 0 aromatic heterocycles. The molecule has 2 rings (SSSR count). The van der Waals surface area contributed by atoms with Crippen molar-refractivity contribution < 1.29 is 4.79 Å². The van der Waals surface area contributed by atoms with Gasteiger partial charge in [0.1, 0.15) is 0 Å². The lowest BCUT2D eigenvalue weighted by atomic mass is 10.2. The van der Waals surface area contributed by atoms with Crippen LogP contribution < -0.4 is 0 Å². The molecule has 0 radical (unpaired) electrons. The van der Waals surface area contributed by atoms with E-state index in [9.17, 15) is 4.79 Å². The summed E-state index contributed by atoms with van der Waals surface area (Å²) in [7, 11) is 0. The molecule has 0 N–H and O–H groups in total. The molecular weight excluding hydrogens is 164 g/mol. The molecule has 3 heteroatoms. The van der Waals surface area contributed by atoms with Crippen LogP contribution in [0.3, 0.4) is 0 Å². The molecule has 0 bridgehead atoms. The standard InChI is InChI=1S/C10H18N2O/c1-9-4-7-12(8-9)10(13)11-5-2-3-6-11/h9H,2-8H2,1H3/t9-/m1/s1. The number of hydrogen-bond acceptors (Lipinski definition) is 1. The quantitative estimate of drug-likeness (QED) is 0.557. The van der Waals surface area contributed by atoms with Crippen molar-refractivity contribution in [1.29, 1.82) is 0 Å². The van der Waals surface area contributed by atoms with Gasteiger partial charge >= 0.3 is 6.03 Å². The zero-order valence-corrected chi connectivity index (χ0v) is 8.33. The second-order valence-electron chi connectivity index (χ2n) is 4.32. The van der Waals surface area contributed by atoms with E-state index in [1.165, 1.54) is 19.3 Å². The van der Waals surface area contributed by atoms with E-state index in [4.69, 9.17) is 0 Å². The normalized spacial score (nSPS) is 28.5. The molecule has 0 aromatic carbocycles. The van der Waals surface area contributed by atoms with Gasteiger partial charge in [0, 0.05) is 26.2 Å². The van der Waals surface area contributed by atoms with Crippen LogP contribution in [-0.2, 0) is 0 Å². The molecular formula is C10H18N2O. The number of nitrogens with zero attached hydrogens (tertiary/aromatic N) is 2. The highest BCUT2D eigenvalue weighted by Crippen LogP contribution is 2.18. The second kappa shape index (κ2) is 3.56. The number of carbonyl (C=O) groups is 1. The van der Waals surface area contributed by atoms with Crippen LogP contribution in [0.1, 0.15) is 26.2 Å². The minimum Gasteiger partial charge on any atom is -0.325 e. The zero-order valence-electron chi connectivity index (χ0n) is 8.33. The molecule has 2 heterocycles. The Balaban J connectivity index is 1.89. The number of likely N-dealkylation sites (tertiary alicyclic amines) is 2. The molecule has 2 amide bonds. The van der Waals surface area contributed by atoms with Crippen molar-refractivity contribution in [2.45, 2.75) is 26.2 Å². The van der Waals surface area contributed by atoms with Crippen molar-refractivity contribution in [3.05, 3.63) is 0 Å². The van der Waals surface area contributed by atoms with Crippen molar-refractivity contribution in [3.63, 3.8) is 0 Å². The van der Waals surface area contributed by atoms with Gasteiger partial charge in [0.15, 0.2) is 0 Å². The van der Waals surface area contributed by atoms with Gasteiger partial charge in [-0.05, 0) is 25.2 Å². The van der Waals surface area contributed by atoms with Crippen molar-refractivity contribution in [1.82, 2.24) is 9.80 Å². The highest BCUT2D eigenvalue weighted by molar-refractivity contribution is 5.75. The maximum atomic E-state index is 11.8. The summed E-state index contributed by atoms with van der Waals surface area (Å²) in [6, 6.07) is 0.279. The van der Waals surface area contributed by atoms with E-state index in [0.29, 0.717) is 5.92 Å². The molecule has 13 heavy (non-hydrogen) atoms. The average molecular weight is 182 g/mol. The Hall–Kier alpha value is -0.730. The highest BCUT2D eigenvalue weighted by atomic mass is 16.2. The summed E-state index contributed by atoms with van der Waals surface area (Å²) in [6.07, 6.45) is 3.56. The third-order valence-corrected chi connectivity index (χ3v) is 3.07. The van der Waals surface area contributed by atoms with E-state index >= 15 is 0 Å². The Morgan fingerprint density at radius 3 is 2.38 bits per heavy atom. The van der Waals surface area contributed by atoms with E-state index in [1.54, 1.807) is 0 Å². The Morgan fingerprint density at radius 2 is 1.85 bits per heavy atom. The summed E-state index contributed by atoms with van der Waals surface area (Å²) in [5.74, 6) is 0.701. The average Bonchev–Trinajstić information content (AvgIpc) is 2.72. The third kappa shape index (κ3) is 1.79. The fraction of sp³-hybridized carbons (Fsp3) is 0.900. The van der Waals surface area contributed by atoms with Gasteiger partial charge in [0.2, 0.25) is 0 Å². The molecule has 1 atom stereocenters. The Morgan fingerprint density at radius 1 is 1.15 bits per heavy atom. The number of carbonyl (C=O) groups excluding carboxylic acids is 1. The van der Waals surface area contributed by atoms with E-state index < -0.39 is 0 Å². The maximum Gasteiger partial charge on any atom is 0.320 e. The molecule has 0 aliphatic carbocycles. The maximum absolute atomic E-state index is 11.8. The third-order valence-electron chi connectivity index (χ3n) is 3.07. The van der Waals surface area contributed by atoms with Crippen LogP contribution in [-0.4, -0.2) is 42.0 Å². The summed E-state index contributed by atoms with van der Waals surface area (Å²) in [4.78, 5) is 15.9. The minimum absolute atomic E-state index is 0.279. The fourth-order valence-electron chi connectivity index (χ4n) is 2.22. The van der Waals surface area contributed by atoms with Gasteiger partial charge in [0.05, 0.1) is 0 Å². The monoisotopic (exact) mass is 182 g/mol. The van der Waals surface area contributed by atoms with Gasteiger partial charge in [-0.15, -0.1) is 0 Å². The molecule has 2 aliphatic rings. The molecule has 0 unspecified atom stereocenters. The van der Waals surface area contributed by atoms with Gasteiger partial charge in [-0.1, -0.05) is 6.92 Å². The number of urea groups is 1. The predicted octanol–water partition coefficient (Wildman–Crippen LogP) is 1.54. The largest absolute Gasteiger partial charge is 0.325 e. The SMILES string of the molecule is C[C@@H]1CCN(C(=O)N2CCCC2)C1. The van der Waals surface area contributed by atoms with Gasteiger partial charge in [-0.25, -0.2) is 4.79 Å². The molecule has 3 nitrogen and oxygen atoms in total. The summed E-state index contributed by atoms with van der Waals surface area (Å²) < 4.78 is 0. The molecule has 74 valence electrons. The Kier molecular flexibility index (Phi) is 2.42. The first-order valence-corrected chi connectivity index (χ1v) is 5.31. The topological polar surface area (TPSA) is 23.6 Å². The van der Waals surface area contributed by atoms with Crippen LogP contribution in [0.2, 0.25) is 0 Å². The summed E-state index contributed by atoms with van der Waals surface area (Å²) in [6.45, 7) is 6.11. The van der Waals surface area contributed by atoms with Crippen LogP contribution in [0.5, 0.6) is 0 Å². The number of rotatable bonds is 0. The van der Waals surface area contributed by atoms with Gasteiger partial charge in [-0.3, -0.25) is 0 Å². The zero-order chi connectivity index (χ0) is 9.26. The number of hydrogen-bond donors (Lipinski definition) is 0. The van der Waals surface area contributed by atoms with Crippen molar-refractivity contribution in [2.75, 3.05) is 26.2 Å². The van der Waals surface area contributed by atoms with E-state index in [0.717, 1.165) is 26.2 Å². The summed E-state index contributed by atoms with van der Waals surface area (Å²) in [5.41, 5.74) is 0. The van der Waals surface area contributed by atoms with Gasteiger partial charge < -0.3 is 9.80 Å². The molecule has 0 spiro atoms. The summed E-state index contributed by atoms with van der Waals surface area (Å²) >= 11 is 0. The lowest BCUT2D eigenvalue weighted by molar-refractivity contribution is 0.171. The first-order chi connectivity index (χ1) is 6.27. The predicted molar refractivity (Wildman–Crippen MR) is 51.6 cm³/mol. The van der Waals surface area contributed by atoms with Crippen LogP contribution in [0.25, 0.3) is 0 Å². The van der Waals surface area contributed by atoms with Crippen molar-refractivity contribution in [2.24, 2.45) is 5.92 Å². The fourth-order valence-corrected chi connectivity index (χ4v) is 2.22. The lowest BCUT2D eigenvalue weighted by Gasteiger charge is -2.23. The molecule has 2 fully saturated rings. The van der Waals surface area contributed by atoms with Crippen LogP contribution in [0.15, 0.2) is 0 Å². The Bertz CT molecular complexity index is 199. The van der Waals surface area contributed by atoms with Crippen LogP contribution >= 0.6 is 0 Å². The number of amides is 2. The molecule has 0 saturated carbocycles. The summed E-state index contributed by atoms with van der Waals surface area (Å²) in [5, 5.41) is 0. The highest BCUT2D eigenvalue weighted by Gasteiger charge is 2.28. The lowest BCUT2D eigenvalue weighted by Crippen LogP contribution is -2.40. The van der Waals surface area contributed by atoms with Crippen LogP contribution in [0.4, 0.5) is 4.79 Å². The van der Waals surface area contributed by atoms with E-state index in [2.05, 4.69) is 6.92 Å². The first kappa shape index (κ1) is 8.85. The van der Waals surface area contributed by atoms with Crippen LogP contribution in [0, 0.1) is 5.92 Å². The minimum atomic E-state index is 0.279. The smallest absolute Gasteiger partial charge is 0.320 e. The van der Waals surface area contributed by atoms with E-state index in [1.807, 2.05) is 9.80 Å². The van der Waals surface area contributed by atoms with Crippen molar-refractivity contribution >= 4 is 6.03 Å². The molecule has 0 aromatic rings. The Labute approximate surface area is 79.7 Å². The first-order valence-electron chi connectivity index (χ1n) is 5.31. The van der Waals surface area contributed by atoms with Gasteiger partial charge in [0.25, 0.3) is 0 Å². The van der Waals surface area contributed by atoms with Crippen molar-refractivity contribution in [3.8, 4) is 0 Å². The molecule has 2 saturated heterocycles.